The van der Waals surface area contributed by atoms with Crippen molar-refractivity contribution in [3.05, 3.63) is 66.2 Å². The van der Waals surface area contributed by atoms with E-state index in [0.717, 1.165) is 38.7 Å². The molecule has 0 N–H and O–H groups in total. The Hall–Kier alpha value is -0.681. The molecule has 3 nitrogen and oxygen atoms in total. The van der Waals surface area contributed by atoms with Crippen molar-refractivity contribution in [3.63, 3.8) is 0 Å². The third kappa shape index (κ3) is 6.66. The molecular formula is C26H33BrO3Se. The van der Waals surface area contributed by atoms with Crippen molar-refractivity contribution in [2.45, 2.75) is 79.7 Å². The molecule has 2 aromatic rings. The zero-order valence-corrected chi connectivity index (χ0v) is 21.5. The van der Waals surface area contributed by atoms with E-state index >= 15 is 0 Å². The van der Waals surface area contributed by atoms with E-state index < -0.39 is 0 Å². The van der Waals surface area contributed by atoms with Gasteiger partial charge in [-0.25, -0.2) is 0 Å². The molecule has 4 rings (SSSR count). The summed E-state index contributed by atoms with van der Waals surface area (Å²) < 4.78 is 20.6. The van der Waals surface area contributed by atoms with Gasteiger partial charge in [0.2, 0.25) is 0 Å². The van der Waals surface area contributed by atoms with Gasteiger partial charge in [0.05, 0.1) is 0 Å². The Balaban J connectivity index is 1.33. The third-order valence-electron chi connectivity index (χ3n) is 6.18. The van der Waals surface area contributed by atoms with Crippen LogP contribution in [0.5, 0.6) is 0 Å². The number of rotatable bonds is 9. The van der Waals surface area contributed by atoms with Crippen LogP contribution in [-0.4, -0.2) is 50.8 Å². The summed E-state index contributed by atoms with van der Waals surface area (Å²) in [6.07, 6.45) is 6.16. The molecule has 2 saturated heterocycles. The van der Waals surface area contributed by atoms with Crippen LogP contribution in [0.2, 0.25) is 4.82 Å². The van der Waals surface area contributed by atoms with Gasteiger partial charge >= 0.3 is 196 Å². The van der Waals surface area contributed by atoms with E-state index in [-0.39, 0.29) is 18.3 Å². The van der Waals surface area contributed by atoms with Crippen molar-refractivity contribution in [3.8, 4) is 0 Å². The molecule has 5 heteroatoms. The summed E-state index contributed by atoms with van der Waals surface area (Å²) >= 11 is 4.37. The molecular weight excluding hydrogens is 519 g/mol. The fourth-order valence-corrected chi connectivity index (χ4v) is 8.69. The molecule has 0 radical (unpaired) electrons. The Bertz CT molecular complexity index is 775. The fraction of sp³-hybridized carbons (Fsp3) is 0.538. The molecule has 2 fully saturated rings. The first kappa shape index (κ1) is 23.5. The Morgan fingerprint density at radius 2 is 1.65 bits per heavy atom. The summed E-state index contributed by atoms with van der Waals surface area (Å²) in [4.78, 5) is 0.981. The van der Waals surface area contributed by atoms with E-state index in [4.69, 9.17) is 14.2 Å². The standard InChI is InChI=1S/C26H33BrO3Se/c1-2-22-21(27)16-26(31-20-12-7-4-8-13-20)25-17-24(29-22)23(30-25)14-9-15-28-18-19-10-5-3-6-11-19/h3-8,10-13,21-26H,2,9,14-18H2,1H3/t21-,22+,23+,24+,25+,26+/m0/s1. The van der Waals surface area contributed by atoms with Gasteiger partial charge in [0.15, 0.2) is 0 Å². The van der Waals surface area contributed by atoms with Crippen LogP contribution in [0.15, 0.2) is 60.7 Å². The molecule has 2 aliphatic heterocycles. The Morgan fingerprint density at radius 1 is 0.935 bits per heavy atom. The van der Waals surface area contributed by atoms with Crippen molar-refractivity contribution >= 4 is 35.3 Å². The van der Waals surface area contributed by atoms with Crippen molar-refractivity contribution in [2.24, 2.45) is 0 Å². The first-order valence-corrected chi connectivity index (χ1v) is 14.3. The monoisotopic (exact) mass is 552 g/mol. The van der Waals surface area contributed by atoms with E-state index in [1.807, 2.05) is 6.07 Å². The van der Waals surface area contributed by atoms with Gasteiger partial charge in [-0.15, -0.1) is 0 Å². The molecule has 0 amide bonds. The van der Waals surface area contributed by atoms with E-state index in [0.29, 0.717) is 37.3 Å². The summed E-state index contributed by atoms with van der Waals surface area (Å²) in [6.45, 7) is 3.68. The zero-order chi connectivity index (χ0) is 21.5. The molecule has 2 bridgehead atoms. The molecule has 0 aromatic heterocycles. The summed E-state index contributed by atoms with van der Waals surface area (Å²) in [5, 5.41) is 0. The zero-order valence-electron chi connectivity index (χ0n) is 18.2. The van der Waals surface area contributed by atoms with Gasteiger partial charge in [0, 0.05) is 0 Å². The summed E-state index contributed by atoms with van der Waals surface area (Å²) in [5.41, 5.74) is 1.23. The van der Waals surface area contributed by atoms with Gasteiger partial charge in [0.1, 0.15) is 0 Å². The van der Waals surface area contributed by atoms with Crippen LogP contribution >= 0.6 is 15.9 Å². The average Bonchev–Trinajstić information content (AvgIpc) is 3.21. The number of benzene rings is 2. The van der Waals surface area contributed by atoms with E-state index in [2.05, 4.69) is 77.5 Å². The molecule has 0 spiro atoms. The van der Waals surface area contributed by atoms with Crippen LogP contribution in [0.25, 0.3) is 0 Å². The second kappa shape index (κ2) is 12.0. The molecule has 2 aliphatic rings. The number of hydrogen-bond acceptors (Lipinski definition) is 3. The van der Waals surface area contributed by atoms with E-state index in [1.165, 1.54) is 10.0 Å². The average molecular weight is 552 g/mol. The number of alkyl halides is 1. The normalized spacial score (nSPS) is 30.6. The Morgan fingerprint density at radius 3 is 2.39 bits per heavy atom. The molecule has 2 heterocycles. The predicted molar refractivity (Wildman–Crippen MR) is 130 cm³/mol. The molecule has 0 saturated carbocycles. The molecule has 31 heavy (non-hydrogen) atoms. The van der Waals surface area contributed by atoms with Crippen LogP contribution in [0.4, 0.5) is 0 Å². The van der Waals surface area contributed by atoms with Gasteiger partial charge in [-0.05, 0) is 0 Å². The number of halogens is 1. The Kier molecular flexibility index (Phi) is 9.07. The topological polar surface area (TPSA) is 27.7 Å². The molecule has 6 atom stereocenters. The first-order chi connectivity index (χ1) is 15.2. The van der Waals surface area contributed by atoms with Gasteiger partial charge in [-0.3, -0.25) is 0 Å². The second-order valence-corrected chi connectivity index (χ2v) is 12.4. The summed E-state index contributed by atoms with van der Waals surface area (Å²) in [7, 11) is 0. The Labute approximate surface area is 201 Å². The second-order valence-electron chi connectivity index (χ2n) is 8.47. The molecule has 168 valence electrons. The van der Waals surface area contributed by atoms with Crippen LogP contribution in [0, 0.1) is 0 Å². The van der Waals surface area contributed by atoms with Gasteiger partial charge in [-0.1, -0.05) is 6.07 Å². The van der Waals surface area contributed by atoms with E-state index in [1.54, 1.807) is 0 Å². The van der Waals surface area contributed by atoms with Gasteiger partial charge in [0.25, 0.3) is 0 Å². The maximum absolute atomic E-state index is 6.65. The van der Waals surface area contributed by atoms with Crippen molar-refractivity contribution < 1.29 is 14.2 Å². The van der Waals surface area contributed by atoms with Crippen LogP contribution < -0.4 is 4.46 Å². The number of hydrogen-bond donors (Lipinski definition) is 0. The minimum absolute atomic E-state index is 0.186. The molecule has 0 unspecified atom stereocenters. The first-order valence-electron chi connectivity index (χ1n) is 11.5. The quantitative estimate of drug-likeness (QED) is 0.241. The SMILES string of the molecule is CC[C@H]1O[C@@H]2C[C@@H](O[C@@H]2CCCOCc2ccccc2)[C@H]([Se]c2ccccc2)C[C@@H]1Br. The van der Waals surface area contributed by atoms with Crippen LogP contribution in [0.1, 0.15) is 44.6 Å². The van der Waals surface area contributed by atoms with Crippen LogP contribution in [0.3, 0.4) is 0 Å². The third-order valence-corrected chi connectivity index (χ3v) is 9.96. The van der Waals surface area contributed by atoms with Crippen molar-refractivity contribution in [1.29, 1.82) is 0 Å². The maximum atomic E-state index is 6.65. The van der Waals surface area contributed by atoms with Gasteiger partial charge < -0.3 is 0 Å². The van der Waals surface area contributed by atoms with Crippen molar-refractivity contribution in [2.75, 3.05) is 6.61 Å². The van der Waals surface area contributed by atoms with E-state index in [9.17, 15) is 0 Å². The van der Waals surface area contributed by atoms with Crippen LogP contribution in [-0.2, 0) is 20.8 Å². The minimum atomic E-state index is 0.186. The summed E-state index contributed by atoms with van der Waals surface area (Å²) in [6, 6.07) is 21.3. The molecule has 0 aliphatic carbocycles. The number of ether oxygens (including phenoxy) is 3. The van der Waals surface area contributed by atoms with Gasteiger partial charge in [-0.2, -0.15) is 0 Å². The summed E-state index contributed by atoms with van der Waals surface area (Å²) in [5.74, 6) is 0. The number of fused-ring (bicyclic) bond motifs is 2. The fourth-order valence-electron chi connectivity index (χ4n) is 4.52. The van der Waals surface area contributed by atoms with Crippen molar-refractivity contribution in [1.82, 2.24) is 0 Å². The molecule has 2 aromatic carbocycles. The predicted octanol–water partition coefficient (Wildman–Crippen LogP) is 5.29.